The van der Waals surface area contributed by atoms with Gasteiger partial charge in [0.15, 0.2) is 5.82 Å². The van der Waals surface area contributed by atoms with Gasteiger partial charge < -0.3 is 19.1 Å². The molecule has 0 fully saturated rings. The minimum Gasteiger partial charge on any atom is -0.497 e. The quantitative estimate of drug-likeness (QED) is 0.293. The van der Waals surface area contributed by atoms with E-state index in [0.717, 1.165) is 39.4 Å². The molecule has 0 bridgehead atoms. The third-order valence-electron chi connectivity index (χ3n) is 6.00. The summed E-state index contributed by atoms with van der Waals surface area (Å²) in [6.45, 7) is 2.47. The Morgan fingerprint density at radius 2 is 1.66 bits per heavy atom. The molecule has 0 aliphatic carbocycles. The molecular formula is C28H27N7O3. The Labute approximate surface area is 220 Å². The van der Waals surface area contributed by atoms with Crippen molar-refractivity contribution in [3.05, 3.63) is 78.6 Å². The van der Waals surface area contributed by atoms with Gasteiger partial charge in [-0.3, -0.25) is 10.1 Å². The number of benzene rings is 2. The van der Waals surface area contributed by atoms with Gasteiger partial charge in [0.1, 0.15) is 11.5 Å². The van der Waals surface area contributed by atoms with Crippen LogP contribution in [0.4, 0.5) is 11.4 Å². The summed E-state index contributed by atoms with van der Waals surface area (Å²) >= 11 is 0. The predicted molar refractivity (Wildman–Crippen MR) is 146 cm³/mol. The van der Waals surface area contributed by atoms with Gasteiger partial charge in [-0.15, -0.1) is 0 Å². The summed E-state index contributed by atoms with van der Waals surface area (Å²) in [5.74, 6) is 2.42. The van der Waals surface area contributed by atoms with Crippen molar-refractivity contribution in [1.29, 1.82) is 0 Å². The first-order valence-corrected chi connectivity index (χ1v) is 11.9. The standard InChI is InChI=1S/C28H27N7O3/c1-18-23(16-31-34-18)26-17-30-24-8-7-19(14-25(24)32-26)35(20-12-21(36-2)15-22(13-20)37-3)11-5-6-27-29-10-9-28(33-27)38-4/h5-10,12-17H,11H2,1-4H3,(H,31,34)/b6-5+. The van der Waals surface area contributed by atoms with Crippen LogP contribution in [0.15, 0.2) is 67.1 Å². The number of methoxy groups -OCH3 is 3. The van der Waals surface area contributed by atoms with Gasteiger partial charge in [-0.05, 0) is 31.2 Å². The molecule has 1 N–H and O–H groups in total. The molecule has 2 aromatic carbocycles. The second kappa shape index (κ2) is 11.0. The van der Waals surface area contributed by atoms with Gasteiger partial charge in [0.2, 0.25) is 5.88 Å². The van der Waals surface area contributed by atoms with Crippen molar-refractivity contribution in [1.82, 2.24) is 30.1 Å². The molecule has 0 saturated carbocycles. The van der Waals surface area contributed by atoms with Crippen LogP contribution in [0.5, 0.6) is 17.4 Å². The van der Waals surface area contributed by atoms with E-state index in [0.29, 0.717) is 29.7 Å². The molecule has 5 rings (SSSR count). The summed E-state index contributed by atoms with van der Waals surface area (Å²) in [5, 5.41) is 7.07. The number of rotatable bonds is 9. The largest absolute Gasteiger partial charge is 0.497 e. The Hall–Kier alpha value is -4.99. The number of aryl methyl sites for hydroxylation is 1. The van der Waals surface area contributed by atoms with Gasteiger partial charge in [-0.25, -0.2) is 9.97 Å². The number of hydrogen-bond donors (Lipinski definition) is 1. The molecule has 0 saturated heterocycles. The summed E-state index contributed by atoms with van der Waals surface area (Å²) in [4.78, 5) is 20.3. The lowest BCUT2D eigenvalue weighted by atomic mass is 10.1. The Balaban J connectivity index is 1.56. The number of aromatic amines is 1. The molecule has 0 radical (unpaired) electrons. The van der Waals surface area contributed by atoms with Crippen LogP contribution in [0.1, 0.15) is 11.5 Å². The highest BCUT2D eigenvalue weighted by atomic mass is 16.5. The average Bonchev–Trinajstić information content (AvgIpc) is 3.40. The number of nitrogens with zero attached hydrogens (tertiary/aromatic N) is 6. The van der Waals surface area contributed by atoms with Crippen molar-refractivity contribution in [2.75, 3.05) is 32.8 Å². The van der Waals surface area contributed by atoms with E-state index in [1.54, 1.807) is 46.0 Å². The summed E-state index contributed by atoms with van der Waals surface area (Å²) in [7, 11) is 4.84. The van der Waals surface area contributed by atoms with Gasteiger partial charge in [-0.2, -0.15) is 10.1 Å². The van der Waals surface area contributed by atoms with Crippen LogP contribution in [0.25, 0.3) is 28.4 Å². The van der Waals surface area contributed by atoms with Gasteiger partial charge in [0.05, 0.1) is 50.5 Å². The zero-order valence-corrected chi connectivity index (χ0v) is 21.5. The van der Waals surface area contributed by atoms with Crippen LogP contribution < -0.4 is 19.1 Å². The van der Waals surface area contributed by atoms with E-state index < -0.39 is 0 Å². The Bertz CT molecular complexity index is 1580. The maximum Gasteiger partial charge on any atom is 0.216 e. The van der Waals surface area contributed by atoms with Crippen molar-refractivity contribution in [2.45, 2.75) is 6.92 Å². The fraction of sp³-hybridized carbons (Fsp3) is 0.179. The predicted octanol–water partition coefficient (Wildman–Crippen LogP) is 5.00. The molecule has 0 amide bonds. The maximum absolute atomic E-state index is 5.53. The van der Waals surface area contributed by atoms with Crippen molar-refractivity contribution in [3.8, 4) is 28.6 Å². The highest BCUT2D eigenvalue weighted by molar-refractivity contribution is 5.83. The smallest absolute Gasteiger partial charge is 0.216 e. The van der Waals surface area contributed by atoms with Gasteiger partial charge in [-0.1, -0.05) is 6.08 Å². The molecule has 0 atom stereocenters. The summed E-state index contributed by atoms with van der Waals surface area (Å²) in [6, 6.07) is 13.5. The molecule has 5 aromatic rings. The van der Waals surface area contributed by atoms with Crippen molar-refractivity contribution in [2.24, 2.45) is 0 Å². The molecule has 38 heavy (non-hydrogen) atoms. The van der Waals surface area contributed by atoms with E-state index in [2.05, 4.69) is 30.0 Å². The van der Waals surface area contributed by atoms with Crippen LogP contribution in [0, 0.1) is 6.92 Å². The molecule has 3 heterocycles. The molecule has 10 heteroatoms. The first-order chi connectivity index (χ1) is 18.6. The fourth-order valence-electron chi connectivity index (χ4n) is 4.03. The Morgan fingerprint density at radius 1 is 0.842 bits per heavy atom. The van der Waals surface area contributed by atoms with E-state index in [9.17, 15) is 0 Å². The second-order valence-electron chi connectivity index (χ2n) is 8.38. The van der Waals surface area contributed by atoms with E-state index >= 15 is 0 Å². The van der Waals surface area contributed by atoms with E-state index in [1.165, 1.54) is 0 Å². The third-order valence-corrected chi connectivity index (χ3v) is 6.00. The van der Waals surface area contributed by atoms with E-state index in [4.69, 9.17) is 19.2 Å². The molecule has 0 unspecified atom stereocenters. The van der Waals surface area contributed by atoms with Crippen molar-refractivity contribution < 1.29 is 14.2 Å². The first kappa shape index (κ1) is 24.7. The average molecular weight is 510 g/mol. The Morgan fingerprint density at radius 3 is 2.37 bits per heavy atom. The second-order valence-corrected chi connectivity index (χ2v) is 8.38. The van der Waals surface area contributed by atoms with Gasteiger partial charge >= 0.3 is 0 Å². The SMILES string of the molecule is COc1cc(OC)cc(N(C/C=C/c2nccc(OC)n2)c2ccc3ncc(-c4cn[nH]c4C)nc3c2)c1. The number of nitrogens with one attached hydrogen (secondary N) is 1. The number of fused-ring (bicyclic) bond motifs is 1. The highest BCUT2D eigenvalue weighted by Gasteiger charge is 2.14. The lowest BCUT2D eigenvalue weighted by Gasteiger charge is -2.25. The molecule has 0 spiro atoms. The van der Waals surface area contributed by atoms with Gasteiger partial charge in [0.25, 0.3) is 0 Å². The summed E-state index contributed by atoms with van der Waals surface area (Å²) in [6.07, 6.45) is 9.03. The zero-order valence-electron chi connectivity index (χ0n) is 21.5. The number of aromatic nitrogens is 6. The lowest BCUT2D eigenvalue weighted by Crippen LogP contribution is -2.17. The minimum absolute atomic E-state index is 0.505. The van der Waals surface area contributed by atoms with Crippen LogP contribution in [-0.4, -0.2) is 58.0 Å². The summed E-state index contributed by atoms with van der Waals surface area (Å²) < 4.78 is 16.3. The first-order valence-electron chi connectivity index (χ1n) is 11.9. The molecule has 10 nitrogen and oxygen atoms in total. The fourth-order valence-corrected chi connectivity index (χ4v) is 4.03. The van der Waals surface area contributed by atoms with E-state index in [-0.39, 0.29) is 0 Å². The number of anilines is 2. The minimum atomic E-state index is 0.505. The van der Waals surface area contributed by atoms with Gasteiger partial charge in [0, 0.05) is 59.6 Å². The van der Waals surface area contributed by atoms with Crippen LogP contribution in [-0.2, 0) is 0 Å². The third kappa shape index (κ3) is 5.24. The lowest BCUT2D eigenvalue weighted by molar-refractivity contribution is 0.394. The van der Waals surface area contributed by atoms with E-state index in [1.807, 2.05) is 55.5 Å². The zero-order chi connectivity index (χ0) is 26.5. The van der Waals surface area contributed by atoms with Crippen LogP contribution >= 0.6 is 0 Å². The molecular weight excluding hydrogens is 482 g/mol. The van der Waals surface area contributed by atoms with Crippen molar-refractivity contribution >= 4 is 28.5 Å². The molecule has 192 valence electrons. The monoisotopic (exact) mass is 509 g/mol. The molecule has 0 aliphatic heterocycles. The van der Waals surface area contributed by atoms with Crippen LogP contribution in [0.2, 0.25) is 0 Å². The normalized spacial score (nSPS) is 11.2. The number of H-pyrrole nitrogens is 1. The van der Waals surface area contributed by atoms with Crippen molar-refractivity contribution in [3.63, 3.8) is 0 Å². The van der Waals surface area contributed by atoms with Crippen LogP contribution in [0.3, 0.4) is 0 Å². The Kier molecular flexibility index (Phi) is 7.12. The topological polar surface area (TPSA) is 111 Å². The molecule has 0 aliphatic rings. The maximum atomic E-state index is 5.53. The summed E-state index contributed by atoms with van der Waals surface area (Å²) in [5.41, 5.74) is 5.96. The number of hydrogen-bond acceptors (Lipinski definition) is 9. The number of ether oxygens (including phenoxy) is 3. The highest BCUT2D eigenvalue weighted by Crippen LogP contribution is 2.34. The molecule has 3 aromatic heterocycles.